The summed E-state index contributed by atoms with van der Waals surface area (Å²) in [5.41, 5.74) is 0.578. The van der Waals surface area contributed by atoms with Crippen molar-refractivity contribution in [2.24, 2.45) is 0 Å². The lowest BCUT2D eigenvalue weighted by atomic mass is 10.1. The van der Waals surface area contributed by atoms with Crippen molar-refractivity contribution in [3.05, 3.63) is 52.0 Å². The largest absolute Gasteiger partial charge is 0.482 e. The molecule has 1 aliphatic rings. The molecule has 2 aromatic carbocycles. The van der Waals surface area contributed by atoms with Gasteiger partial charge < -0.3 is 15.2 Å². The Hall–Kier alpha value is -2.77. The summed E-state index contributed by atoms with van der Waals surface area (Å²) in [5.74, 6) is -1.78. The highest BCUT2D eigenvalue weighted by Gasteiger charge is 2.33. The number of carboxylic acids is 1. The lowest BCUT2D eigenvalue weighted by Crippen LogP contribution is -2.49. The van der Waals surface area contributed by atoms with Crippen molar-refractivity contribution in [2.75, 3.05) is 16.8 Å². The Kier molecular flexibility index (Phi) is 5.25. The fourth-order valence-corrected chi connectivity index (χ4v) is 3.24. The number of hydrogen-bond donors (Lipinski definition) is 2. The van der Waals surface area contributed by atoms with Gasteiger partial charge in [0.05, 0.1) is 11.3 Å². The van der Waals surface area contributed by atoms with E-state index < -0.39 is 23.8 Å². The summed E-state index contributed by atoms with van der Waals surface area (Å²) in [4.78, 5) is 37.5. The monoisotopic (exact) mass is 408 g/mol. The van der Waals surface area contributed by atoms with Crippen LogP contribution in [0.1, 0.15) is 17.3 Å². The molecule has 7 nitrogen and oxygen atoms in total. The van der Waals surface area contributed by atoms with E-state index in [1.165, 1.54) is 48.2 Å². The van der Waals surface area contributed by atoms with Gasteiger partial charge in [0.25, 0.3) is 5.91 Å². The van der Waals surface area contributed by atoms with Crippen LogP contribution in [-0.4, -0.2) is 35.5 Å². The normalized spacial score (nSPS) is 14.2. The van der Waals surface area contributed by atoms with Crippen LogP contribution in [0.5, 0.6) is 5.75 Å². The zero-order valence-corrected chi connectivity index (χ0v) is 15.5. The topological polar surface area (TPSA) is 95.9 Å². The van der Waals surface area contributed by atoms with Crippen LogP contribution in [0.4, 0.5) is 11.4 Å². The Balaban J connectivity index is 1.90. The first kappa shape index (κ1) is 19.0. The van der Waals surface area contributed by atoms with E-state index in [0.717, 1.165) is 0 Å². The Morgan fingerprint density at radius 2 is 1.85 bits per heavy atom. The van der Waals surface area contributed by atoms with Gasteiger partial charge in [-0.1, -0.05) is 23.2 Å². The Morgan fingerprint density at radius 1 is 1.19 bits per heavy atom. The van der Waals surface area contributed by atoms with E-state index in [1.807, 2.05) is 0 Å². The van der Waals surface area contributed by atoms with Gasteiger partial charge in [-0.2, -0.15) is 0 Å². The maximum absolute atomic E-state index is 12.7. The van der Waals surface area contributed by atoms with Crippen LogP contribution < -0.4 is 15.0 Å². The Bertz CT molecular complexity index is 927. The van der Waals surface area contributed by atoms with Gasteiger partial charge in [-0.05, 0) is 43.3 Å². The van der Waals surface area contributed by atoms with Crippen LogP contribution in [0.3, 0.4) is 0 Å². The molecule has 9 heteroatoms. The quantitative estimate of drug-likeness (QED) is 0.807. The molecule has 140 valence electrons. The van der Waals surface area contributed by atoms with Crippen LogP contribution in [-0.2, 0) is 9.59 Å². The number of fused-ring (bicyclic) bond motifs is 1. The first-order valence-electron chi connectivity index (χ1n) is 7.85. The molecular weight excluding hydrogens is 395 g/mol. The van der Waals surface area contributed by atoms with Gasteiger partial charge in [0.15, 0.2) is 6.61 Å². The van der Waals surface area contributed by atoms with Crippen LogP contribution in [0, 0.1) is 0 Å². The fraction of sp³-hybridized carbons (Fsp3) is 0.167. The standard InChI is InChI=1S/C18H14Cl2N2O5/c1-9(17(24)21-13-6-11(19)5-12(20)7-13)22-14-4-10(18(25)26)2-3-15(14)27-8-16(22)23/h2-7,9H,8H2,1H3,(H,21,24)(H,25,26). The molecule has 0 spiro atoms. The third-order valence-corrected chi connectivity index (χ3v) is 4.42. The average molecular weight is 409 g/mol. The number of carbonyl (C=O) groups is 3. The summed E-state index contributed by atoms with van der Waals surface area (Å²) in [6, 6.07) is 7.77. The molecule has 27 heavy (non-hydrogen) atoms. The Morgan fingerprint density at radius 3 is 2.48 bits per heavy atom. The average Bonchev–Trinajstić information content (AvgIpc) is 2.59. The first-order valence-corrected chi connectivity index (χ1v) is 8.61. The number of ether oxygens (including phenoxy) is 1. The van der Waals surface area contributed by atoms with E-state index in [1.54, 1.807) is 0 Å². The molecule has 0 radical (unpaired) electrons. The summed E-state index contributed by atoms with van der Waals surface area (Å²) in [6.45, 7) is 1.28. The number of hydrogen-bond acceptors (Lipinski definition) is 4. The summed E-state index contributed by atoms with van der Waals surface area (Å²) >= 11 is 11.9. The molecule has 0 fully saturated rings. The van der Waals surface area contributed by atoms with Crippen LogP contribution in [0.25, 0.3) is 0 Å². The third-order valence-electron chi connectivity index (χ3n) is 3.98. The van der Waals surface area contributed by atoms with Gasteiger partial charge in [0.2, 0.25) is 5.91 Å². The number of anilines is 2. The number of carboxylic acid groups (broad SMARTS) is 1. The zero-order chi connectivity index (χ0) is 19.7. The molecule has 1 heterocycles. The number of aromatic carboxylic acids is 1. The van der Waals surface area contributed by atoms with Gasteiger partial charge in [-0.15, -0.1) is 0 Å². The van der Waals surface area contributed by atoms with Crippen molar-refractivity contribution in [3.63, 3.8) is 0 Å². The predicted molar refractivity (Wildman–Crippen MR) is 101 cm³/mol. The van der Waals surface area contributed by atoms with E-state index >= 15 is 0 Å². The SMILES string of the molecule is CC(C(=O)Nc1cc(Cl)cc(Cl)c1)N1C(=O)COc2ccc(C(=O)O)cc21. The number of nitrogens with zero attached hydrogens (tertiary/aromatic N) is 1. The second-order valence-electron chi connectivity index (χ2n) is 5.86. The highest BCUT2D eigenvalue weighted by Crippen LogP contribution is 2.34. The number of amides is 2. The number of nitrogens with one attached hydrogen (secondary N) is 1. The first-order chi connectivity index (χ1) is 12.8. The minimum atomic E-state index is -1.15. The molecule has 2 N–H and O–H groups in total. The van der Waals surface area contributed by atoms with E-state index in [0.29, 0.717) is 21.5 Å². The van der Waals surface area contributed by atoms with Gasteiger partial charge in [0, 0.05) is 15.7 Å². The van der Waals surface area contributed by atoms with Crippen molar-refractivity contribution < 1.29 is 24.2 Å². The molecule has 1 atom stereocenters. The maximum Gasteiger partial charge on any atom is 0.335 e. The lowest BCUT2D eigenvalue weighted by molar-refractivity contribution is -0.125. The number of benzene rings is 2. The smallest absolute Gasteiger partial charge is 0.335 e. The van der Waals surface area contributed by atoms with E-state index in [-0.39, 0.29) is 17.9 Å². The molecule has 3 rings (SSSR count). The zero-order valence-electron chi connectivity index (χ0n) is 14.0. The van der Waals surface area contributed by atoms with Crippen molar-refractivity contribution in [2.45, 2.75) is 13.0 Å². The second kappa shape index (κ2) is 7.46. The second-order valence-corrected chi connectivity index (χ2v) is 6.74. The summed E-state index contributed by atoms with van der Waals surface area (Å²) in [5, 5.41) is 12.5. The van der Waals surface area contributed by atoms with Crippen molar-refractivity contribution in [1.29, 1.82) is 0 Å². The number of halogens is 2. The van der Waals surface area contributed by atoms with E-state index in [4.69, 9.17) is 27.9 Å². The molecule has 0 bridgehead atoms. The molecule has 1 unspecified atom stereocenters. The molecule has 2 aromatic rings. The van der Waals surface area contributed by atoms with Crippen LogP contribution in [0.15, 0.2) is 36.4 Å². The summed E-state index contributed by atoms with van der Waals surface area (Å²) < 4.78 is 5.33. The van der Waals surface area contributed by atoms with Crippen LogP contribution in [0.2, 0.25) is 10.0 Å². The predicted octanol–water partition coefficient (Wildman–Crippen LogP) is 3.44. The molecule has 0 saturated carbocycles. The molecule has 0 aliphatic carbocycles. The van der Waals surface area contributed by atoms with Gasteiger partial charge in [-0.25, -0.2) is 4.79 Å². The highest BCUT2D eigenvalue weighted by atomic mass is 35.5. The molecule has 1 aliphatic heterocycles. The fourth-order valence-electron chi connectivity index (χ4n) is 2.72. The minimum absolute atomic E-state index is 0.0220. The van der Waals surface area contributed by atoms with Gasteiger partial charge >= 0.3 is 5.97 Å². The third kappa shape index (κ3) is 3.99. The molecule has 2 amide bonds. The number of carbonyl (C=O) groups excluding carboxylic acids is 2. The van der Waals surface area contributed by atoms with Crippen molar-refractivity contribution in [3.8, 4) is 5.75 Å². The molecule has 0 saturated heterocycles. The van der Waals surface area contributed by atoms with Gasteiger partial charge in [0.1, 0.15) is 11.8 Å². The summed E-state index contributed by atoms with van der Waals surface area (Å²) in [7, 11) is 0. The number of rotatable bonds is 4. The maximum atomic E-state index is 12.7. The van der Waals surface area contributed by atoms with Crippen molar-refractivity contribution >= 4 is 52.4 Å². The molecular formula is C18H14Cl2N2O5. The Labute approximate surface area is 164 Å². The van der Waals surface area contributed by atoms with E-state index in [9.17, 15) is 19.5 Å². The lowest BCUT2D eigenvalue weighted by Gasteiger charge is -2.33. The minimum Gasteiger partial charge on any atom is -0.482 e. The van der Waals surface area contributed by atoms with Crippen molar-refractivity contribution in [1.82, 2.24) is 0 Å². The highest BCUT2D eigenvalue weighted by molar-refractivity contribution is 6.35. The van der Waals surface area contributed by atoms with Crippen LogP contribution >= 0.6 is 23.2 Å². The van der Waals surface area contributed by atoms with E-state index in [2.05, 4.69) is 5.32 Å². The van der Waals surface area contributed by atoms with Gasteiger partial charge in [-0.3, -0.25) is 14.5 Å². The summed E-state index contributed by atoms with van der Waals surface area (Å²) in [6.07, 6.45) is 0. The molecule has 0 aromatic heterocycles.